The van der Waals surface area contributed by atoms with Crippen molar-refractivity contribution < 1.29 is 12.9 Å². The van der Waals surface area contributed by atoms with Crippen molar-refractivity contribution >= 4 is 10.0 Å². The van der Waals surface area contributed by atoms with Crippen LogP contribution in [0.4, 0.5) is 0 Å². The van der Waals surface area contributed by atoms with E-state index in [0.29, 0.717) is 36.5 Å². The second-order valence-electron chi connectivity index (χ2n) is 8.63. The highest BCUT2D eigenvalue weighted by molar-refractivity contribution is 7.89. The maximum atomic E-state index is 13.1. The molecule has 3 heterocycles. The number of hydrogen-bond acceptors (Lipinski definition) is 6. The third-order valence-corrected chi connectivity index (χ3v) is 8.88. The number of nitrogens with zero attached hydrogens (tertiary/aromatic N) is 4. The van der Waals surface area contributed by atoms with Gasteiger partial charge in [0.25, 0.3) is 0 Å². The van der Waals surface area contributed by atoms with Crippen LogP contribution in [0.3, 0.4) is 0 Å². The minimum atomic E-state index is -3.24. The zero-order chi connectivity index (χ0) is 19.2. The van der Waals surface area contributed by atoms with Crippen LogP contribution in [0.15, 0.2) is 29.0 Å². The Morgan fingerprint density at radius 3 is 2.86 bits per heavy atom. The molecule has 3 aliphatic rings. The lowest BCUT2D eigenvalue weighted by Gasteiger charge is -2.24. The first kappa shape index (κ1) is 18.2. The monoisotopic (exact) mass is 402 g/mol. The molecule has 0 spiro atoms. The molecule has 2 saturated carbocycles. The number of sulfonamides is 1. The highest BCUT2D eigenvalue weighted by atomic mass is 32.2. The van der Waals surface area contributed by atoms with Gasteiger partial charge in [-0.1, -0.05) is 24.4 Å². The predicted molar refractivity (Wildman–Crippen MR) is 104 cm³/mol. The predicted octanol–water partition coefficient (Wildman–Crippen LogP) is 3.01. The van der Waals surface area contributed by atoms with Gasteiger partial charge in [0.05, 0.1) is 11.2 Å². The Bertz CT molecular complexity index is 939. The molecule has 2 aromatic heterocycles. The molecule has 0 unspecified atom stereocenters. The van der Waals surface area contributed by atoms with E-state index in [0.717, 1.165) is 50.5 Å². The van der Waals surface area contributed by atoms with Crippen LogP contribution in [0.25, 0.3) is 11.4 Å². The van der Waals surface area contributed by atoms with Crippen molar-refractivity contribution in [3.63, 3.8) is 0 Å². The Balaban J connectivity index is 1.40. The Labute approximate surface area is 165 Å². The summed E-state index contributed by atoms with van der Waals surface area (Å²) in [5, 5.41) is 4.16. The number of pyridine rings is 1. The topological polar surface area (TPSA) is 89.2 Å². The summed E-state index contributed by atoms with van der Waals surface area (Å²) in [6.45, 7) is 1.06. The third-order valence-electron chi connectivity index (χ3n) is 6.93. The van der Waals surface area contributed by atoms with Gasteiger partial charge in [0.1, 0.15) is 0 Å². The van der Waals surface area contributed by atoms with Gasteiger partial charge in [-0.25, -0.2) is 12.7 Å². The molecular formula is C20H26N4O3S. The summed E-state index contributed by atoms with van der Waals surface area (Å²) in [6, 6.07) is 3.74. The van der Waals surface area contributed by atoms with Gasteiger partial charge in [-0.3, -0.25) is 4.98 Å². The van der Waals surface area contributed by atoms with Crippen molar-refractivity contribution in [2.24, 2.45) is 11.8 Å². The number of rotatable bonds is 5. The highest BCUT2D eigenvalue weighted by Gasteiger charge is 2.56. The fourth-order valence-electron chi connectivity index (χ4n) is 5.42. The largest absolute Gasteiger partial charge is 0.338 e. The molecule has 1 aliphatic heterocycles. The molecule has 2 aliphatic carbocycles. The Morgan fingerprint density at radius 2 is 2.07 bits per heavy atom. The fourth-order valence-corrected chi connectivity index (χ4v) is 7.40. The van der Waals surface area contributed by atoms with Gasteiger partial charge in [-0.15, -0.1) is 0 Å². The van der Waals surface area contributed by atoms with Crippen LogP contribution < -0.4 is 0 Å². The van der Waals surface area contributed by atoms with E-state index in [1.54, 1.807) is 16.7 Å². The lowest BCUT2D eigenvalue weighted by molar-refractivity contribution is 0.261. The number of aromatic nitrogens is 3. The molecule has 0 N–H and O–H groups in total. The molecule has 0 bridgehead atoms. The molecular weight excluding hydrogens is 376 g/mol. The van der Waals surface area contributed by atoms with E-state index in [4.69, 9.17) is 4.52 Å². The van der Waals surface area contributed by atoms with Gasteiger partial charge in [-0.05, 0) is 49.7 Å². The van der Waals surface area contributed by atoms with Gasteiger partial charge in [0, 0.05) is 31.0 Å². The van der Waals surface area contributed by atoms with Crippen LogP contribution >= 0.6 is 0 Å². The summed E-state index contributed by atoms with van der Waals surface area (Å²) in [7, 11) is -3.24. The van der Waals surface area contributed by atoms with Crippen molar-refractivity contribution in [1.29, 1.82) is 0 Å². The summed E-state index contributed by atoms with van der Waals surface area (Å²) in [6.07, 6.45) is 10.8. The molecule has 3 fully saturated rings. The molecule has 5 rings (SSSR count). The molecule has 1 saturated heterocycles. The van der Waals surface area contributed by atoms with Gasteiger partial charge in [-0.2, -0.15) is 4.98 Å². The summed E-state index contributed by atoms with van der Waals surface area (Å²) in [5.41, 5.74) is 0.475. The van der Waals surface area contributed by atoms with E-state index in [-0.39, 0.29) is 11.3 Å². The zero-order valence-corrected chi connectivity index (χ0v) is 16.8. The number of hydrogen-bond donors (Lipinski definition) is 0. The summed E-state index contributed by atoms with van der Waals surface area (Å²) >= 11 is 0. The summed E-state index contributed by atoms with van der Waals surface area (Å²) < 4.78 is 33.5. The van der Waals surface area contributed by atoms with Crippen LogP contribution in [0, 0.1) is 11.8 Å². The summed E-state index contributed by atoms with van der Waals surface area (Å²) in [4.78, 5) is 8.79. The molecule has 2 aromatic rings. The lowest BCUT2D eigenvalue weighted by Crippen LogP contribution is -2.37. The number of fused-ring (bicyclic) bond motifs is 1. The van der Waals surface area contributed by atoms with E-state index in [1.807, 2.05) is 12.1 Å². The molecule has 0 amide bonds. The van der Waals surface area contributed by atoms with Gasteiger partial charge in [0.2, 0.25) is 21.7 Å². The standard InChI is InChI=1S/C20H26N4O3S/c25-28(26,13-15-5-1-2-6-15)24-12-17-8-3-9-20(17,14-24)19-22-18(23-27-19)16-7-4-10-21-11-16/h4,7,10-11,15,17H,1-3,5-6,8-9,12-14H2/t17-,20-/m1/s1. The molecule has 0 aromatic carbocycles. The average Bonchev–Trinajstić information content (AvgIpc) is 3.45. The van der Waals surface area contributed by atoms with Gasteiger partial charge in [0.15, 0.2) is 0 Å². The molecule has 2 atom stereocenters. The highest BCUT2D eigenvalue weighted by Crippen LogP contribution is 2.51. The zero-order valence-electron chi connectivity index (χ0n) is 16.0. The van der Waals surface area contributed by atoms with E-state index in [1.165, 1.54) is 0 Å². The molecule has 7 nitrogen and oxygen atoms in total. The third kappa shape index (κ3) is 3.06. The second kappa shape index (κ2) is 6.91. The van der Waals surface area contributed by atoms with E-state index < -0.39 is 10.0 Å². The minimum Gasteiger partial charge on any atom is -0.338 e. The maximum Gasteiger partial charge on any atom is 0.234 e. The average molecular weight is 403 g/mol. The van der Waals surface area contributed by atoms with Gasteiger partial charge < -0.3 is 4.52 Å². The molecule has 0 radical (unpaired) electrons. The Hall–Kier alpha value is -1.80. The van der Waals surface area contributed by atoms with Gasteiger partial charge >= 0.3 is 0 Å². The smallest absolute Gasteiger partial charge is 0.234 e. The first-order valence-corrected chi connectivity index (χ1v) is 11.9. The molecule has 150 valence electrons. The van der Waals surface area contributed by atoms with Crippen molar-refractivity contribution in [3.8, 4) is 11.4 Å². The second-order valence-corrected chi connectivity index (χ2v) is 10.6. The maximum absolute atomic E-state index is 13.1. The Morgan fingerprint density at radius 1 is 1.21 bits per heavy atom. The van der Waals surface area contributed by atoms with Crippen molar-refractivity contribution in [2.75, 3.05) is 18.8 Å². The van der Waals surface area contributed by atoms with Crippen LogP contribution in [0.2, 0.25) is 0 Å². The van der Waals surface area contributed by atoms with E-state index >= 15 is 0 Å². The SMILES string of the molecule is O=S(=O)(CC1CCCC1)N1C[C@H]2CCC[C@@]2(c2nc(-c3cccnc3)no2)C1. The van der Waals surface area contributed by atoms with Crippen molar-refractivity contribution in [2.45, 2.75) is 50.4 Å². The molecule has 28 heavy (non-hydrogen) atoms. The van der Waals surface area contributed by atoms with Crippen molar-refractivity contribution in [1.82, 2.24) is 19.4 Å². The molecule has 8 heteroatoms. The fraction of sp³-hybridized carbons (Fsp3) is 0.650. The summed E-state index contributed by atoms with van der Waals surface area (Å²) in [5.74, 6) is 1.98. The van der Waals surface area contributed by atoms with Crippen LogP contribution in [-0.2, 0) is 15.4 Å². The van der Waals surface area contributed by atoms with Crippen LogP contribution in [0.1, 0.15) is 50.8 Å². The first-order valence-electron chi connectivity index (χ1n) is 10.3. The lowest BCUT2D eigenvalue weighted by atomic mass is 9.80. The van der Waals surface area contributed by atoms with Crippen molar-refractivity contribution in [3.05, 3.63) is 30.4 Å². The Kier molecular flexibility index (Phi) is 4.50. The van der Waals surface area contributed by atoms with E-state index in [9.17, 15) is 8.42 Å². The van der Waals surface area contributed by atoms with E-state index in [2.05, 4.69) is 15.1 Å². The minimum absolute atomic E-state index is 0.257. The van der Waals surface area contributed by atoms with Crippen LogP contribution in [-0.4, -0.2) is 46.7 Å². The normalized spacial score (nSPS) is 28.8. The first-order chi connectivity index (χ1) is 13.6. The van der Waals surface area contributed by atoms with Crippen LogP contribution in [0.5, 0.6) is 0 Å². The quantitative estimate of drug-likeness (QED) is 0.764.